The summed E-state index contributed by atoms with van der Waals surface area (Å²) in [4.78, 5) is 36.0. The monoisotopic (exact) mass is 459 g/mol. The van der Waals surface area contributed by atoms with Gasteiger partial charge in [0.1, 0.15) is 0 Å². The maximum absolute atomic E-state index is 12.8. The molecule has 5 rings (SSSR count). The van der Waals surface area contributed by atoms with E-state index < -0.39 is 0 Å². The molecule has 0 aliphatic carbocycles. The summed E-state index contributed by atoms with van der Waals surface area (Å²) in [7, 11) is 0. The van der Waals surface area contributed by atoms with Crippen molar-refractivity contribution >= 4 is 28.5 Å². The van der Waals surface area contributed by atoms with Crippen molar-refractivity contribution in [3.63, 3.8) is 0 Å². The number of benzene rings is 1. The van der Waals surface area contributed by atoms with E-state index in [-0.39, 0.29) is 17.6 Å². The normalized spacial score (nSPS) is 16.0. The van der Waals surface area contributed by atoms with Crippen LogP contribution < -0.4 is 16.0 Å². The Hall–Kier alpha value is -3.97. The second-order valence-corrected chi connectivity index (χ2v) is 9.40. The largest absolute Gasteiger partial charge is 0.336 e. The second-order valence-electron chi connectivity index (χ2n) is 8.40. The molecule has 33 heavy (non-hydrogen) atoms. The SMILES string of the molecule is Cc1cc(-c2sc(NC(=O)N3CC4(CNC(=O)N4)C3)nc2-c2cccc(C#N)c2)cc(C)n1. The van der Waals surface area contributed by atoms with Crippen LogP contribution in [0.25, 0.3) is 21.7 Å². The van der Waals surface area contributed by atoms with Crippen LogP contribution in [0.1, 0.15) is 17.0 Å². The molecule has 10 heteroatoms. The zero-order valence-corrected chi connectivity index (χ0v) is 18.9. The maximum Gasteiger partial charge on any atom is 0.323 e. The van der Waals surface area contributed by atoms with Crippen molar-refractivity contribution in [2.75, 3.05) is 25.0 Å². The molecule has 1 spiro atoms. The van der Waals surface area contributed by atoms with Crippen molar-refractivity contribution in [2.45, 2.75) is 19.4 Å². The van der Waals surface area contributed by atoms with Crippen LogP contribution in [-0.2, 0) is 0 Å². The van der Waals surface area contributed by atoms with Crippen LogP contribution >= 0.6 is 11.3 Å². The van der Waals surface area contributed by atoms with Gasteiger partial charge in [-0.2, -0.15) is 5.26 Å². The molecule has 4 amide bonds. The highest BCUT2D eigenvalue weighted by molar-refractivity contribution is 7.19. The summed E-state index contributed by atoms with van der Waals surface area (Å²) < 4.78 is 0. The van der Waals surface area contributed by atoms with Gasteiger partial charge in [-0.15, -0.1) is 0 Å². The summed E-state index contributed by atoms with van der Waals surface area (Å²) in [6, 6.07) is 12.9. The van der Waals surface area contributed by atoms with E-state index in [1.54, 1.807) is 17.0 Å². The minimum atomic E-state index is -0.378. The van der Waals surface area contributed by atoms with Gasteiger partial charge in [-0.3, -0.25) is 10.3 Å². The van der Waals surface area contributed by atoms with Gasteiger partial charge >= 0.3 is 12.1 Å². The van der Waals surface area contributed by atoms with Crippen LogP contribution in [0.15, 0.2) is 36.4 Å². The van der Waals surface area contributed by atoms with E-state index in [1.165, 1.54) is 11.3 Å². The number of aromatic nitrogens is 2. The quantitative estimate of drug-likeness (QED) is 0.555. The molecule has 2 fully saturated rings. The molecule has 166 valence electrons. The number of carbonyl (C=O) groups excluding carboxylic acids is 2. The predicted molar refractivity (Wildman–Crippen MR) is 125 cm³/mol. The van der Waals surface area contributed by atoms with Crippen molar-refractivity contribution < 1.29 is 9.59 Å². The topological polar surface area (TPSA) is 123 Å². The van der Waals surface area contributed by atoms with E-state index in [1.807, 2.05) is 38.1 Å². The van der Waals surface area contributed by atoms with Crippen LogP contribution in [0.4, 0.5) is 14.7 Å². The molecule has 1 aromatic carbocycles. The molecule has 0 atom stereocenters. The van der Waals surface area contributed by atoms with Crippen LogP contribution in [0, 0.1) is 25.2 Å². The van der Waals surface area contributed by atoms with Gasteiger partial charge in [-0.25, -0.2) is 14.6 Å². The van der Waals surface area contributed by atoms with E-state index >= 15 is 0 Å². The Kier molecular flexibility index (Phi) is 4.98. The molecule has 2 aliphatic rings. The molecule has 2 saturated heterocycles. The van der Waals surface area contributed by atoms with E-state index in [4.69, 9.17) is 4.98 Å². The minimum absolute atomic E-state index is 0.202. The van der Waals surface area contributed by atoms with Gasteiger partial charge in [0.2, 0.25) is 0 Å². The van der Waals surface area contributed by atoms with E-state index in [9.17, 15) is 14.9 Å². The van der Waals surface area contributed by atoms with Gasteiger partial charge in [0.15, 0.2) is 5.13 Å². The summed E-state index contributed by atoms with van der Waals surface area (Å²) in [5.41, 5.74) is 4.39. The molecule has 0 saturated carbocycles. The lowest BCUT2D eigenvalue weighted by Crippen LogP contribution is -2.70. The molecule has 0 bridgehead atoms. The van der Waals surface area contributed by atoms with Crippen molar-refractivity contribution in [3.8, 4) is 27.8 Å². The molecule has 9 nitrogen and oxygen atoms in total. The summed E-state index contributed by atoms with van der Waals surface area (Å²) in [5, 5.41) is 18.3. The average molecular weight is 460 g/mol. The smallest absolute Gasteiger partial charge is 0.323 e. The van der Waals surface area contributed by atoms with Crippen LogP contribution in [0.2, 0.25) is 0 Å². The number of nitriles is 1. The van der Waals surface area contributed by atoms with Gasteiger partial charge in [0.25, 0.3) is 0 Å². The lowest BCUT2D eigenvalue weighted by atomic mass is 9.91. The van der Waals surface area contributed by atoms with Gasteiger partial charge in [-0.05, 0) is 43.7 Å². The Morgan fingerprint density at radius 1 is 1.18 bits per heavy atom. The lowest BCUT2D eigenvalue weighted by Gasteiger charge is -2.46. The maximum atomic E-state index is 12.8. The summed E-state index contributed by atoms with van der Waals surface area (Å²) in [6.07, 6.45) is 0. The van der Waals surface area contributed by atoms with Gasteiger partial charge in [-0.1, -0.05) is 23.5 Å². The number of hydrogen-bond donors (Lipinski definition) is 3. The van der Waals surface area contributed by atoms with Crippen LogP contribution in [0.3, 0.4) is 0 Å². The standard InChI is InChI=1S/C23H21N7O2S/c1-13-6-17(7-14(2)26-13)19-18(16-5-3-4-15(8-16)9-24)27-21(33-19)28-22(32)30-11-23(12-30)10-25-20(31)29-23/h3-8H,10-12H2,1-2H3,(H2,25,29,31)(H,27,28,32). The fourth-order valence-electron chi connectivity index (χ4n) is 4.23. The molecule has 2 aromatic heterocycles. The van der Waals surface area contributed by atoms with Crippen molar-refractivity contribution in [1.82, 2.24) is 25.5 Å². The van der Waals surface area contributed by atoms with Crippen LogP contribution in [-0.4, -0.2) is 52.1 Å². The van der Waals surface area contributed by atoms with Crippen molar-refractivity contribution in [3.05, 3.63) is 53.3 Å². The number of hydrogen-bond acceptors (Lipinski definition) is 6. The third-order valence-electron chi connectivity index (χ3n) is 5.69. The van der Waals surface area contributed by atoms with Crippen molar-refractivity contribution in [2.24, 2.45) is 0 Å². The van der Waals surface area contributed by atoms with Gasteiger partial charge in [0.05, 0.1) is 27.7 Å². The number of anilines is 1. The highest BCUT2D eigenvalue weighted by atomic mass is 32.1. The Morgan fingerprint density at radius 3 is 2.61 bits per heavy atom. The number of amides is 4. The number of thiazole rings is 1. The Balaban J connectivity index is 1.45. The molecular formula is C23H21N7O2S. The van der Waals surface area contributed by atoms with Gasteiger partial charge < -0.3 is 15.5 Å². The first-order chi connectivity index (χ1) is 15.8. The lowest BCUT2D eigenvalue weighted by molar-refractivity contribution is 0.100. The summed E-state index contributed by atoms with van der Waals surface area (Å²) in [5.74, 6) is 0. The van der Waals surface area contributed by atoms with Crippen LogP contribution in [0.5, 0.6) is 0 Å². The summed E-state index contributed by atoms with van der Waals surface area (Å²) in [6.45, 7) is 5.27. The minimum Gasteiger partial charge on any atom is -0.336 e. The molecule has 3 aromatic rings. The first kappa shape index (κ1) is 20.9. The first-order valence-electron chi connectivity index (χ1n) is 10.4. The molecule has 3 N–H and O–H groups in total. The van der Waals surface area contributed by atoms with Gasteiger partial charge in [0, 0.05) is 36.6 Å². The van der Waals surface area contributed by atoms with E-state index in [0.29, 0.717) is 36.0 Å². The Morgan fingerprint density at radius 2 is 1.94 bits per heavy atom. The molecule has 4 heterocycles. The summed E-state index contributed by atoms with van der Waals surface area (Å²) >= 11 is 1.38. The van der Waals surface area contributed by atoms with E-state index in [0.717, 1.165) is 27.4 Å². The zero-order chi connectivity index (χ0) is 23.2. The van der Waals surface area contributed by atoms with Crippen molar-refractivity contribution in [1.29, 1.82) is 5.26 Å². The molecular weight excluding hydrogens is 438 g/mol. The highest BCUT2D eigenvalue weighted by Gasteiger charge is 2.49. The Labute approximate surface area is 194 Å². The third-order valence-corrected chi connectivity index (χ3v) is 6.71. The predicted octanol–water partition coefficient (Wildman–Crippen LogP) is 3.26. The fourth-order valence-corrected chi connectivity index (χ4v) is 5.20. The van der Waals surface area contributed by atoms with E-state index in [2.05, 4.69) is 27.0 Å². The number of nitrogens with one attached hydrogen (secondary N) is 3. The number of likely N-dealkylation sites (tertiary alicyclic amines) is 1. The third kappa shape index (κ3) is 3.99. The number of carbonyl (C=O) groups is 2. The molecule has 0 unspecified atom stereocenters. The number of pyridine rings is 1. The molecule has 0 radical (unpaired) electrons. The number of aryl methyl sites for hydroxylation is 2. The number of rotatable bonds is 3. The second kappa shape index (κ2) is 7.86. The Bertz CT molecular complexity index is 1300. The average Bonchev–Trinajstić information content (AvgIpc) is 3.36. The number of urea groups is 2. The highest BCUT2D eigenvalue weighted by Crippen LogP contribution is 2.40. The number of nitrogens with zero attached hydrogens (tertiary/aromatic N) is 4. The molecule has 2 aliphatic heterocycles. The zero-order valence-electron chi connectivity index (χ0n) is 18.1. The first-order valence-corrected chi connectivity index (χ1v) is 11.2. The fraction of sp³-hybridized carbons (Fsp3) is 0.261.